The highest BCUT2D eigenvalue weighted by Crippen LogP contribution is 2.50. The molecule has 27 heavy (non-hydrogen) atoms. The molecule has 2 aromatic rings. The first kappa shape index (κ1) is 22.4. The minimum atomic E-state index is -3.07. The summed E-state index contributed by atoms with van der Waals surface area (Å²) in [4.78, 5) is 12.7. The molecule has 0 fully saturated rings. The Balaban J connectivity index is 2.32. The number of amides is 1. The molecule has 0 saturated heterocycles. The van der Waals surface area contributed by atoms with Gasteiger partial charge < -0.3 is 9.84 Å². The van der Waals surface area contributed by atoms with Gasteiger partial charge in [-0.1, -0.05) is 34.8 Å². The normalized spacial score (nSPS) is 11.3. The molecule has 0 aliphatic carbocycles. The van der Waals surface area contributed by atoms with Gasteiger partial charge in [-0.25, -0.2) is 0 Å². The highest BCUT2D eigenvalue weighted by Gasteiger charge is 2.25. The lowest BCUT2D eigenvalue weighted by atomic mass is 10.2. The maximum Gasteiger partial charge on any atom is 0.380 e. The fourth-order valence-corrected chi connectivity index (χ4v) is 4.60. The Morgan fingerprint density at radius 2 is 1.70 bits per heavy atom. The van der Waals surface area contributed by atoms with Crippen LogP contribution in [0.25, 0.3) is 0 Å². The Kier molecular flexibility index (Phi) is 8.38. The zero-order valence-electron chi connectivity index (χ0n) is 14.5. The van der Waals surface area contributed by atoms with Crippen molar-refractivity contribution < 1.29 is 18.4 Å². The summed E-state index contributed by atoms with van der Waals surface area (Å²) in [7, 11) is 0. The first-order valence-corrected chi connectivity index (χ1v) is 11.6. The van der Waals surface area contributed by atoms with Gasteiger partial charge >= 0.3 is 6.72 Å². The molecule has 1 N–H and O–H groups in total. The summed E-state index contributed by atoms with van der Waals surface area (Å²) in [6, 6.07) is 9.36. The Labute approximate surface area is 178 Å². The van der Waals surface area contributed by atoms with Crippen LogP contribution in [0, 0.1) is 0 Å². The third-order valence-corrected chi connectivity index (χ3v) is 6.55. The largest absolute Gasteiger partial charge is 0.423 e. The topological polar surface area (TPSA) is 56.8 Å². The van der Waals surface area contributed by atoms with Gasteiger partial charge in [0.1, 0.15) is 5.75 Å². The van der Waals surface area contributed by atoms with Crippen molar-refractivity contribution in [1.82, 2.24) is 0 Å². The maximum atomic E-state index is 12.7. The first-order valence-electron chi connectivity index (χ1n) is 7.92. The van der Waals surface area contributed by atoms with Gasteiger partial charge in [0.05, 0.1) is 28.8 Å². The molecule has 0 aliphatic rings. The fourth-order valence-electron chi connectivity index (χ4n) is 2.06. The summed E-state index contributed by atoms with van der Waals surface area (Å²) in [6.07, 6.45) is 0. The van der Waals surface area contributed by atoms with Crippen molar-refractivity contribution in [3.8, 4) is 5.75 Å². The zero-order chi connectivity index (χ0) is 20.0. The third-order valence-electron chi connectivity index (χ3n) is 3.15. The predicted octanol–water partition coefficient (Wildman–Crippen LogP) is 6.58. The molecule has 0 saturated carbocycles. The van der Waals surface area contributed by atoms with Gasteiger partial charge in [0.15, 0.2) is 0 Å². The van der Waals surface area contributed by atoms with E-state index in [0.29, 0.717) is 34.0 Å². The van der Waals surface area contributed by atoms with Crippen molar-refractivity contribution in [3.63, 3.8) is 0 Å². The molecule has 0 unspecified atom stereocenters. The molecule has 0 heterocycles. The number of nitrogens with one attached hydrogen (secondary N) is 1. The lowest BCUT2D eigenvalue weighted by molar-refractivity contribution is 0.102. The monoisotopic (exact) mass is 467 g/mol. The number of benzene rings is 2. The van der Waals surface area contributed by atoms with Crippen molar-refractivity contribution in [1.29, 1.82) is 0 Å². The van der Waals surface area contributed by atoms with Crippen molar-refractivity contribution >= 4 is 64.9 Å². The summed E-state index contributed by atoms with van der Waals surface area (Å²) in [5.41, 5.74) is 0.698. The quantitative estimate of drug-likeness (QED) is 0.444. The summed E-state index contributed by atoms with van der Waals surface area (Å²) in [5, 5.41) is 3.82. The summed E-state index contributed by atoms with van der Waals surface area (Å²) in [5.74, 6) is -0.264. The molecule has 146 valence electrons. The van der Waals surface area contributed by atoms with Crippen molar-refractivity contribution in [2.24, 2.45) is 0 Å². The van der Waals surface area contributed by atoms with Gasteiger partial charge in [0.2, 0.25) is 0 Å². The standard InChI is InChI=1S/C17H17Cl3NO4PS/c1-3-23-26(27,24-4-2)25-16-9-11(18)5-7-13(16)17(22)21-12-6-8-14(19)15(20)10-12/h5-10H,3-4H2,1-2H3,(H,21,22). The number of hydrogen-bond acceptors (Lipinski definition) is 5. The van der Waals surface area contributed by atoms with E-state index >= 15 is 0 Å². The minimum absolute atomic E-state index is 0.172. The van der Waals surface area contributed by atoms with Gasteiger partial charge in [-0.2, -0.15) is 0 Å². The van der Waals surface area contributed by atoms with E-state index < -0.39 is 12.6 Å². The van der Waals surface area contributed by atoms with Crippen molar-refractivity contribution in [2.45, 2.75) is 13.8 Å². The van der Waals surface area contributed by atoms with E-state index in [1.54, 1.807) is 38.1 Å². The van der Waals surface area contributed by atoms with Crippen LogP contribution >= 0.6 is 41.5 Å². The highest BCUT2D eigenvalue weighted by molar-refractivity contribution is 8.07. The van der Waals surface area contributed by atoms with Crippen LogP contribution in [0.1, 0.15) is 24.2 Å². The smallest absolute Gasteiger partial charge is 0.380 e. The van der Waals surface area contributed by atoms with Crippen LogP contribution in [0.2, 0.25) is 15.1 Å². The molecule has 0 atom stereocenters. The SMILES string of the molecule is CCOP(=S)(OCC)Oc1cc(Cl)ccc1C(=O)Nc1ccc(Cl)c(Cl)c1. The molecule has 0 aliphatic heterocycles. The summed E-state index contributed by atoms with van der Waals surface area (Å²) < 4.78 is 16.7. The van der Waals surface area contributed by atoms with E-state index in [0.717, 1.165) is 0 Å². The number of hydrogen-bond donors (Lipinski definition) is 1. The lowest BCUT2D eigenvalue weighted by Crippen LogP contribution is -2.14. The van der Waals surface area contributed by atoms with Crippen LogP contribution in [-0.2, 0) is 20.9 Å². The second kappa shape index (κ2) is 10.1. The summed E-state index contributed by atoms with van der Waals surface area (Å²) in [6.45, 7) is 1.10. The second-order valence-corrected chi connectivity index (χ2v) is 9.28. The van der Waals surface area contributed by atoms with E-state index in [9.17, 15) is 4.79 Å². The predicted molar refractivity (Wildman–Crippen MR) is 114 cm³/mol. The Bertz CT molecular complexity index is 871. The van der Waals surface area contributed by atoms with Gasteiger partial charge in [-0.3, -0.25) is 13.8 Å². The maximum absolute atomic E-state index is 12.7. The lowest BCUT2D eigenvalue weighted by Gasteiger charge is -2.22. The number of anilines is 1. The molecule has 2 aromatic carbocycles. The fraction of sp³-hybridized carbons (Fsp3) is 0.235. The van der Waals surface area contributed by atoms with Crippen molar-refractivity contribution in [3.05, 3.63) is 57.0 Å². The van der Waals surface area contributed by atoms with Crippen molar-refractivity contribution in [2.75, 3.05) is 18.5 Å². The van der Waals surface area contributed by atoms with E-state index in [4.69, 9.17) is 60.2 Å². The van der Waals surface area contributed by atoms with Gasteiger partial charge in [0.25, 0.3) is 5.91 Å². The van der Waals surface area contributed by atoms with Crippen LogP contribution in [0.15, 0.2) is 36.4 Å². The molecule has 0 bridgehead atoms. The van der Waals surface area contributed by atoms with Gasteiger partial charge in [-0.15, -0.1) is 0 Å². The molecule has 0 spiro atoms. The molecule has 0 aromatic heterocycles. The van der Waals surface area contributed by atoms with Crippen LogP contribution in [-0.4, -0.2) is 19.1 Å². The molecular formula is C17H17Cl3NO4PS. The number of carbonyl (C=O) groups excluding carboxylic acids is 1. The number of halogens is 3. The second-order valence-electron chi connectivity index (χ2n) is 5.10. The van der Waals surface area contributed by atoms with Gasteiger partial charge in [-0.05, 0) is 44.2 Å². The first-order chi connectivity index (χ1) is 12.8. The van der Waals surface area contributed by atoms with Crippen LogP contribution < -0.4 is 9.84 Å². The molecule has 2 rings (SSSR count). The van der Waals surface area contributed by atoms with Crippen LogP contribution in [0.4, 0.5) is 5.69 Å². The molecule has 5 nitrogen and oxygen atoms in total. The highest BCUT2D eigenvalue weighted by atomic mass is 35.5. The average Bonchev–Trinajstić information content (AvgIpc) is 2.58. The van der Waals surface area contributed by atoms with E-state index in [2.05, 4.69) is 5.32 Å². The number of carbonyl (C=O) groups is 1. The Morgan fingerprint density at radius 3 is 2.30 bits per heavy atom. The minimum Gasteiger partial charge on any atom is -0.423 e. The average molecular weight is 469 g/mol. The molecular weight excluding hydrogens is 452 g/mol. The van der Waals surface area contributed by atoms with E-state index in [-0.39, 0.29) is 11.3 Å². The molecule has 10 heteroatoms. The summed E-state index contributed by atoms with van der Waals surface area (Å²) >= 11 is 23.3. The van der Waals surface area contributed by atoms with E-state index in [1.165, 1.54) is 12.1 Å². The van der Waals surface area contributed by atoms with Crippen LogP contribution in [0.5, 0.6) is 5.75 Å². The number of rotatable bonds is 8. The molecule has 1 amide bonds. The van der Waals surface area contributed by atoms with Gasteiger partial charge in [0, 0.05) is 28.6 Å². The van der Waals surface area contributed by atoms with Crippen LogP contribution in [0.3, 0.4) is 0 Å². The third kappa shape index (κ3) is 6.33. The molecule has 0 radical (unpaired) electrons. The van der Waals surface area contributed by atoms with E-state index in [1.807, 2.05) is 0 Å². The Morgan fingerprint density at radius 1 is 1.04 bits per heavy atom. The zero-order valence-corrected chi connectivity index (χ0v) is 18.5. The Hall–Kier alpha value is -0.850.